The Morgan fingerprint density at radius 3 is 1.86 bits per heavy atom. The van der Waals surface area contributed by atoms with E-state index in [0.29, 0.717) is 0 Å². The molecule has 1 unspecified atom stereocenters. The lowest BCUT2D eigenvalue weighted by molar-refractivity contribution is 0.440. The van der Waals surface area contributed by atoms with Crippen LogP contribution in [0.15, 0.2) is 54.6 Å². The Bertz CT molecular complexity index is 1200. The first-order valence-corrected chi connectivity index (χ1v) is 10.8. The minimum absolute atomic E-state index is 0.00942. The van der Waals surface area contributed by atoms with Gasteiger partial charge in [-0.15, -0.1) is 0 Å². The van der Waals surface area contributed by atoms with Gasteiger partial charge in [-0.05, 0) is 47.5 Å². The summed E-state index contributed by atoms with van der Waals surface area (Å²) in [5.41, 5.74) is -0.347. The monoisotopic (exact) mass is 492 g/mol. The first-order valence-electron chi connectivity index (χ1n) is 7.89. The van der Waals surface area contributed by atoms with Crippen molar-refractivity contribution < 1.29 is 23.2 Å². The van der Waals surface area contributed by atoms with Crippen molar-refractivity contribution in [1.82, 2.24) is 0 Å². The molecule has 0 fully saturated rings. The Hall–Kier alpha value is -1.67. The van der Waals surface area contributed by atoms with E-state index < -0.39 is 20.6 Å². The predicted octanol–water partition coefficient (Wildman–Crippen LogP) is 5.89. The van der Waals surface area contributed by atoms with E-state index >= 15 is 0 Å². The van der Waals surface area contributed by atoms with Crippen molar-refractivity contribution in [2.75, 3.05) is 0 Å². The number of hydrogen-bond donors (Lipinski definition) is 3. The van der Waals surface area contributed by atoms with Crippen LogP contribution in [0.25, 0.3) is 0 Å². The number of phenols is 2. The third-order valence-corrected chi connectivity index (χ3v) is 7.10. The lowest BCUT2D eigenvalue weighted by Gasteiger charge is -2.33. The van der Waals surface area contributed by atoms with Gasteiger partial charge in [0.1, 0.15) is 11.5 Å². The summed E-state index contributed by atoms with van der Waals surface area (Å²) in [6, 6.07) is 11.4. The van der Waals surface area contributed by atoms with Gasteiger partial charge in [0.15, 0.2) is 4.75 Å². The number of aromatic hydroxyl groups is 2. The largest absolute Gasteiger partial charge is 0.508 e. The molecule has 29 heavy (non-hydrogen) atoms. The van der Waals surface area contributed by atoms with Gasteiger partial charge in [-0.1, -0.05) is 64.6 Å². The molecule has 3 aromatic rings. The molecule has 0 heterocycles. The van der Waals surface area contributed by atoms with E-state index in [1.165, 1.54) is 54.6 Å². The predicted molar refractivity (Wildman–Crippen MR) is 114 cm³/mol. The molecule has 0 aliphatic heterocycles. The van der Waals surface area contributed by atoms with Crippen LogP contribution >= 0.6 is 46.4 Å². The molecule has 3 aromatic carbocycles. The van der Waals surface area contributed by atoms with E-state index in [1.54, 1.807) is 0 Å². The van der Waals surface area contributed by atoms with Crippen LogP contribution in [0, 0.1) is 0 Å². The van der Waals surface area contributed by atoms with Gasteiger partial charge in [0.05, 0.1) is 15.1 Å². The molecule has 0 spiro atoms. The fourth-order valence-electron chi connectivity index (χ4n) is 3.16. The molecule has 3 N–H and O–H groups in total. The fraction of sp³-hybridized carbons (Fsp3) is 0.0526. The highest BCUT2D eigenvalue weighted by Gasteiger charge is 2.50. The van der Waals surface area contributed by atoms with Crippen molar-refractivity contribution in [3.05, 3.63) is 91.4 Å². The Kier molecular flexibility index (Phi) is 5.98. The molecular formula is C19H12Cl4O5S. The average Bonchev–Trinajstić information content (AvgIpc) is 2.62. The summed E-state index contributed by atoms with van der Waals surface area (Å²) in [7, 11) is -5.04. The summed E-state index contributed by atoms with van der Waals surface area (Å²) in [5, 5.41) is 20.3. The summed E-state index contributed by atoms with van der Waals surface area (Å²) >= 11 is 24.2. The van der Waals surface area contributed by atoms with Gasteiger partial charge in [0, 0.05) is 10.6 Å². The fourth-order valence-corrected chi connectivity index (χ4v) is 5.24. The maximum Gasteiger partial charge on any atom is 0.283 e. The number of rotatable bonds is 4. The van der Waals surface area contributed by atoms with E-state index in [9.17, 15) is 23.2 Å². The summed E-state index contributed by atoms with van der Waals surface area (Å²) in [6.07, 6.45) is 0. The second-order valence-corrected chi connectivity index (χ2v) is 9.34. The van der Waals surface area contributed by atoms with Crippen LogP contribution in [0.5, 0.6) is 11.5 Å². The number of phenolic OH excluding ortho intramolecular Hbond substituents is 2. The minimum atomic E-state index is -5.04. The molecule has 0 saturated heterocycles. The van der Waals surface area contributed by atoms with E-state index in [1.807, 2.05) is 0 Å². The van der Waals surface area contributed by atoms with Crippen molar-refractivity contribution >= 4 is 56.5 Å². The smallest absolute Gasteiger partial charge is 0.283 e. The maximum atomic E-state index is 12.9. The Labute approximate surface area is 186 Å². The zero-order valence-electron chi connectivity index (χ0n) is 14.3. The lowest BCUT2D eigenvalue weighted by atomic mass is 9.83. The van der Waals surface area contributed by atoms with Gasteiger partial charge >= 0.3 is 0 Å². The topological polar surface area (TPSA) is 94.8 Å². The first kappa shape index (κ1) is 22.0. The van der Waals surface area contributed by atoms with Crippen LogP contribution in [-0.2, 0) is 14.9 Å². The quantitative estimate of drug-likeness (QED) is 0.311. The molecule has 0 aromatic heterocycles. The van der Waals surface area contributed by atoms with E-state index in [0.717, 1.165) is 0 Å². The summed E-state index contributed by atoms with van der Waals surface area (Å²) < 4.78 is 33.9. The van der Waals surface area contributed by atoms with Gasteiger partial charge in [-0.25, -0.2) is 0 Å². The van der Waals surface area contributed by atoms with Gasteiger partial charge in [-0.2, -0.15) is 8.42 Å². The van der Waals surface area contributed by atoms with Gasteiger partial charge < -0.3 is 10.2 Å². The Morgan fingerprint density at radius 2 is 1.31 bits per heavy atom. The standard InChI is InChI=1S/C19H12Cl4O5S/c20-12-8-14(18(25)17(23)9-12)19(29(26,27)28,10-1-4-13(24)5-2-10)11-3-6-15(21)16(22)7-11/h1-9,24-25H,(H,26,27,28). The zero-order chi connectivity index (χ0) is 21.6. The summed E-state index contributed by atoms with van der Waals surface area (Å²) in [4.78, 5) is 0. The molecule has 0 aliphatic rings. The van der Waals surface area contributed by atoms with Gasteiger partial charge in [-0.3, -0.25) is 4.55 Å². The number of halogens is 4. The van der Waals surface area contributed by atoms with Gasteiger partial charge in [0.2, 0.25) is 0 Å². The highest BCUT2D eigenvalue weighted by atomic mass is 35.5. The minimum Gasteiger partial charge on any atom is -0.508 e. The molecule has 0 aliphatic carbocycles. The molecule has 5 nitrogen and oxygen atoms in total. The lowest BCUT2D eigenvalue weighted by Crippen LogP contribution is -2.38. The SMILES string of the molecule is O=S(=O)(O)C(c1ccc(O)cc1)(c1ccc(Cl)c(Cl)c1)c1cc(Cl)cc(Cl)c1O. The summed E-state index contributed by atoms with van der Waals surface area (Å²) in [5.74, 6) is -0.742. The molecule has 3 rings (SSSR count). The third-order valence-electron chi connectivity index (χ3n) is 4.39. The Morgan fingerprint density at radius 1 is 0.724 bits per heavy atom. The van der Waals surface area contributed by atoms with Gasteiger partial charge in [0.25, 0.3) is 10.1 Å². The highest BCUT2D eigenvalue weighted by Crippen LogP contribution is 2.50. The molecule has 152 valence electrons. The van der Waals surface area contributed by atoms with Crippen LogP contribution in [-0.4, -0.2) is 23.2 Å². The van der Waals surface area contributed by atoms with Crippen LogP contribution in [0.2, 0.25) is 20.1 Å². The molecular weight excluding hydrogens is 482 g/mol. The molecule has 0 bridgehead atoms. The van der Waals surface area contributed by atoms with E-state index in [4.69, 9.17) is 46.4 Å². The molecule has 0 radical (unpaired) electrons. The van der Waals surface area contributed by atoms with Crippen LogP contribution in [0.1, 0.15) is 16.7 Å². The van der Waals surface area contributed by atoms with E-state index in [2.05, 4.69) is 0 Å². The normalized spacial score (nSPS) is 13.8. The van der Waals surface area contributed by atoms with Crippen molar-refractivity contribution in [2.24, 2.45) is 0 Å². The molecule has 10 heteroatoms. The van der Waals surface area contributed by atoms with Crippen molar-refractivity contribution in [3.8, 4) is 11.5 Å². The van der Waals surface area contributed by atoms with Crippen molar-refractivity contribution in [1.29, 1.82) is 0 Å². The second-order valence-electron chi connectivity index (χ2n) is 6.12. The second kappa shape index (κ2) is 7.87. The van der Waals surface area contributed by atoms with Crippen molar-refractivity contribution in [3.63, 3.8) is 0 Å². The zero-order valence-corrected chi connectivity index (χ0v) is 18.1. The van der Waals surface area contributed by atoms with Crippen LogP contribution < -0.4 is 0 Å². The van der Waals surface area contributed by atoms with Crippen molar-refractivity contribution in [2.45, 2.75) is 4.75 Å². The Balaban J connectivity index is 2.58. The average molecular weight is 494 g/mol. The first-order chi connectivity index (χ1) is 13.5. The molecule has 1 atom stereocenters. The maximum absolute atomic E-state index is 12.9. The van der Waals surface area contributed by atoms with E-state index in [-0.39, 0.29) is 42.5 Å². The third kappa shape index (κ3) is 3.77. The number of benzene rings is 3. The van der Waals surface area contributed by atoms with Crippen LogP contribution in [0.4, 0.5) is 0 Å². The summed E-state index contributed by atoms with van der Waals surface area (Å²) in [6.45, 7) is 0. The van der Waals surface area contributed by atoms with Crippen LogP contribution in [0.3, 0.4) is 0 Å². The molecule has 0 amide bonds. The number of hydrogen-bond acceptors (Lipinski definition) is 4. The molecule has 0 saturated carbocycles. The highest BCUT2D eigenvalue weighted by molar-refractivity contribution is 7.87.